The summed E-state index contributed by atoms with van der Waals surface area (Å²) in [6.45, 7) is 0. The fraction of sp³-hybridized carbons (Fsp3) is 0.125. The number of aliphatic carboxylic acids is 1. The molecule has 1 aliphatic rings. The first kappa shape index (κ1) is 9.42. The molecule has 0 saturated carbocycles. The van der Waals surface area contributed by atoms with E-state index in [1.807, 2.05) is 6.08 Å². The van der Waals surface area contributed by atoms with Gasteiger partial charge in [0.15, 0.2) is 0 Å². The Morgan fingerprint density at radius 1 is 1.75 bits per heavy atom. The second-order valence-corrected chi connectivity index (χ2v) is 3.83. The Hall–Kier alpha value is -0.670. The molecule has 0 unspecified atom stereocenters. The molecule has 0 aliphatic carbocycles. The molecule has 0 bridgehead atoms. The number of carbonyl (C=O) groups is 1. The molecule has 0 spiro atoms. The van der Waals surface area contributed by atoms with Crippen LogP contribution in [0.2, 0.25) is 0 Å². The molecule has 0 saturated heterocycles. The van der Waals surface area contributed by atoms with Crippen molar-refractivity contribution in [2.24, 2.45) is 0 Å². The molecule has 64 valence electrons. The fourth-order valence-electron chi connectivity index (χ4n) is 0.733. The Balaban J connectivity index is 2.65. The monoisotopic (exact) mass is 202 g/mol. The highest BCUT2D eigenvalue weighted by atomic mass is 35.5. The number of carboxylic acid groups (broad SMARTS) is 1. The molecule has 0 atom stereocenters. The Morgan fingerprint density at radius 3 is 3.08 bits per heavy atom. The smallest absolute Gasteiger partial charge is 0.328 e. The van der Waals surface area contributed by atoms with Crippen molar-refractivity contribution in [2.75, 3.05) is 5.75 Å². The van der Waals surface area contributed by atoms with Crippen molar-refractivity contribution in [3.05, 3.63) is 34.2 Å². The van der Waals surface area contributed by atoms with E-state index in [4.69, 9.17) is 16.7 Å². The molecule has 12 heavy (non-hydrogen) atoms. The van der Waals surface area contributed by atoms with Gasteiger partial charge in [0.1, 0.15) is 0 Å². The van der Waals surface area contributed by atoms with Gasteiger partial charge in [0.25, 0.3) is 0 Å². The first-order chi connectivity index (χ1) is 5.68. The lowest BCUT2D eigenvalue weighted by Gasteiger charge is -2.03. The van der Waals surface area contributed by atoms with Gasteiger partial charge in [0.2, 0.25) is 0 Å². The van der Waals surface area contributed by atoms with Crippen LogP contribution in [0.1, 0.15) is 0 Å². The third-order valence-corrected chi connectivity index (χ3v) is 2.40. The molecule has 0 aromatic carbocycles. The zero-order valence-corrected chi connectivity index (χ0v) is 7.73. The van der Waals surface area contributed by atoms with Gasteiger partial charge >= 0.3 is 5.97 Å². The van der Waals surface area contributed by atoms with Gasteiger partial charge in [-0.05, 0) is 17.7 Å². The second-order valence-electron chi connectivity index (χ2n) is 2.14. The van der Waals surface area contributed by atoms with E-state index in [1.165, 1.54) is 17.8 Å². The average molecular weight is 203 g/mol. The molecule has 0 fully saturated rings. The molecule has 0 radical (unpaired) electrons. The lowest BCUT2D eigenvalue weighted by atomic mass is 10.2. The highest BCUT2D eigenvalue weighted by Gasteiger charge is 2.00. The molecule has 1 rings (SSSR count). The van der Waals surface area contributed by atoms with E-state index in [0.29, 0.717) is 4.36 Å². The molecule has 1 aliphatic heterocycles. The summed E-state index contributed by atoms with van der Waals surface area (Å²) in [4.78, 5) is 10.2. The van der Waals surface area contributed by atoms with Gasteiger partial charge in [-0.15, -0.1) is 11.8 Å². The first-order valence-corrected chi connectivity index (χ1v) is 4.66. The SMILES string of the molecule is O=C(O)/C=C/C1=CCSC(Cl)=C1. The summed E-state index contributed by atoms with van der Waals surface area (Å²) in [5.41, 5.74) is 0.848. The van der Waals surface area contributed by atoms with E-state index in [2.05, 4.69) is 0 Å². The van der Waals surface area contributed by atoms with E-state index in [9.17, 15) is 4.79 Å². The highest BCUT2D eigenvalue weighted by molar-refractivity contribution is 8.04. The summed E-state index contributed by atoms with van der Waals surface area (Å²) in [5, 5.41) is 8.34. The van der Waals surface area contributed by atoms with Crippen molar-refractivity contribution in [2.45, 2.75) is 0 Å². The molecule has 0 aromatic rings. The maximum atomic E-state index is 10.2. The van der Waals surface area contributed by atoms with Crippen molar-refractivity contribution in [3.63, 3.8) is 0 Å². The number of carboxylic acids is 1. The minimum atomic E-state index is -0.946. The van der Waals surface area contributed by atoms with Gasteiger partial charge < -0.3 is 5.11 Å². The zero-order valence-electron chi connectivity index (χ0n) is 6.16. The van der Waals surface area contributed by atoms with Gasteiger partial charge in [-0.3, -0.25) is 0 Å². The first-order valence-electron chi connectivity index (χ1n) is 3.29. The Labute approximate surface area is 79.6 Å². The molecule has 0 aromatic heterocycles. The topological polar surface area (TPSA) is 37.3 Å². The maximum absolute atomic E-state index is 10.2. The summed E-state index contributed by atoms with van der Waals surface area (Å²) in [7, 11) is 0. The van der Waals surface area contributed by atoms with Gasteiger partial charge in [0, 0.05) is 11.8 Å². The highest BCUT2D eigenvalue weighted by Crippen LogP contribution is 2.26. The van der Waals surface area contributed by atoms with Crippen LogP contribution in [0.3, 0.4) is 0 Å². The minimum absolute atomic E-state index is 0.697. The predicted molar refractivity (Wildman–Crippen MR) is 51.3 cm³/mol. The zero-order chi connectivity index (χ0) is 8.97. The largest absolute Gasteiger partial charge is 0.478 e. The summed E-state index contributed by atoms with van der Waals surface area (Å²) in [6, 6.07) is 0. The number of hydrogen-bond donors (Lipinski definition) is 1. The number of allylic oxidation sites excluding steroid dienone is 3. The standard InChI is InChI=1S/C8H7ClO2S/c9-7-5-6(3-4-12-7)1-2-8(10)11/h1-3,5H,4H2,(H,10,11)/b2-1+. The number of thioether (sulfide) groups is 1. The van der Waals surface area contributed by atoms with Crippen molar-refractivity contribution in [3.8, 4) is 0 Å². The van der Waals surface area contributed by atoms with E-state index >= 15 is 0 Å². The van der Waals surface area contributed by atoms with E-state index in [-0.39, 0.29) is 0 Å². The lowest BCUT2D eigenvalue weighted by molar-refractivity contribution is -0.131. The normalized spacial score (nSPS) is 17.4. The third-order valence-electron chi connectivity index (χ3n) is 1.24. The number of hydrogen-bond acceptors (Lipinski definition) is 2. The van der Waals surface area contributed by atoms with Crippen LogP contribution in [-0.2, 0) is 4.79 Å². The van der Waals surface area contributed by atoms with Gasteiger partial charge in [-0.25, -0.2) is 4.79 Å². The minimum Gasteiger partial charge on any atom is -0.478 e. The summed E-state index contributed by atoms with van der Waals surface area (Å²) >= 11 is 7.25. The van der Waals surface area contributed by atoms with Crippen molar-refractivity contribution >= 4 is 29.3 Å². The summed E-state index contributed by atoms with van der Waals surface area (Å²) in [6.07, 6.45) is 6.30. The maximum Gasteiger partial charge on any atom is 0.328 e. The van der Waals surface area contributed by atoms with E-state index < -0.39 is 5.97 Å². The lowest BCUT2D eigenvalue weighted by Crippen LogP contribution is -1.89. The molecule has 1 N–H and O–H groups in total. The Bertz CT molecular complexity index is 279. The third kappa shape index (κ3) is 3.15. The van der Waals surface area contributed by atoms with Crippen molar-refractivity contribution in [1.82, 2.24) is 0 Å². The average Bonchev–Trinajstić information content (AvgIpc) is 2.01. The number of rotatable bonds is 2. The fourth-order valence-corrected chi connectivity index (χ4v) is 1.70. The Kier molecular flexibility index (Phi) is 3.44. The van der Waals surface area contributed by atoms with Crippen LogP contribution in [-0.4, -0.2) is 16.8 Å². The van der Waals surface area contributed by atoms with Gasteiger partial charge in [-0.2, -0.15) is 0 Å². The van der Waals surface area contributed by atoms with Crippen LogP contribution in [0.15, 0.2) is 34.2 Å². The van der Waals surface area contributed by atoms with E-state index in [0.717, 1.165) is 17.4 Å². The van der Waals surface area contributed by atoms with Crippen LogP contribution >= 0.6 is 23.4 Å². The molecule has 4 heteroatoms. The molecular formula is C8H7ClO2S. The summed E-state index contributed by atoms with van der Waals surface area (Å²) in [5.74, 6) is -0.145. The van der Waals surface area contributed by atoms with Crippen LogP contribution in [0.4, 0.5) is 0 Å². The molecule has 0 amide bonds. The van der Waals surface area contributed by atoms with Crippen LogP contribution in [0.25, 0.3) is 0 Å². The van der Waals surface area contributed by atoms with Crippen LogP contribution in [0.5, 0.6) is 0 Å². The van der Waals surface area contributed by atoms with Crippen molar-refractivity contribution < 1.29 is 9.90 Å². The van der Waals surface area contributed by atoms with E-state index in [1.54, 1.807) is 6.08 Å². The Morgan fingerprint density at radius 2 is 2.50 bits per heavy atom. The quantitative estimate of drug-likeness (QED) is 0.699. The van der Waals surface area contributed by atoms with Crippen LogP contribution < -0.4 is 0 Å². The second kappa shape index (κ2) is 4.38. The predicted octanol–water partition coefficient (Wildman–Crippen LogP) is 2.38. The van der Waals surface area contributed by atoms with Crippen molar-refractivity contribution in [1.29, 1.82) is 0 Å². The molecular weight excluding hydrogens is 196 g/mol. The van der Waals surface area contributed by atoms with Crippen LogP contribution in [0, 0.1) is 0 Å². The molecule has 1 heterocycles. The van der Waals surface area contributed by atoms with Gasteiger partial charge in [0.05, 0.1) is 4.36 Å². The summed E-state index contributed by atoms with van der Waals surface area (Å²) < 4.78 is 0.697. The molecule has 2 nitrogen and oxygen atoms in total. The number of halogens is 1. The van der Waals surface area contributed by atoms with Gasteiger partial charge in [-0.1, -0.05) is 17.7 Å².